The van der Waals surface area contributed by atoms with Gasteiger partial charge in [0.15, 0.2) is 0 Å². The van der Waals surface area contributed by atoms with Crippen molar-refractivity contribution in [2.75, 3.05) is 0 Å². The number of aromatic nitrogens is 2. The molecular formula is C28H22N2O2. The Labute approximate surface area is 184 Å². The molecule has 0 radical (unpaired) electrons. The predicted octanol–water partition coefficient (Wildman–Crippen LogP) is 7.16. The van der Waals surface area contributed by atoms with Crippen molar-refractivity contribution in [3.63, 3.8) is 0 Å². The number of phenols is 2. The summed E-state index contributed by atoms with van der Waals surface area (Å²) in [6.07, 6.45) is 0. The van der Waals surface area contributed by atoms with Crippen molar-refractivity contribution >= 4 is 32.6 Å². The summed E-state index contributed by atoms with van der Waals surface area (Å²) in [5.74, 6) is 0.344. The van der Waals surface area contributed by atoms with E-state index in [0.717, 1.165) is 44.3 Å². The van der Waals surface area contributed by atoms with Gasteiger partial charge in [-0.1, -0.05) is 60.7 Å². The second-order valence-electron chi connectivity index (χ2n) is 8.33. The van der Waals surface area contributed by atoms with Crippen molar-refractivity contribution in [1.82, 2.24) is 9.97 Å². The molecule has 4 N–H and O–H groups in total. The van der Waals surface area contributed by atoms with Gasteiger partial charge in [0, 0.05) is 66.2 Å². The number of benzene rings is 4. The standard InChI is InChI=1S/C28H22N2O2/c1-15-23(19-11-5-7-13-21(19)29-15)25-26(24-16(2)30-22-14-8-6-12-20(22)24)28(32)18-10-4-3-9-17(18)27(25)31/h3-14,29-32H,1-2H3. The summed E-state index contributed by atoms with van der Waals surface area (Å²) < 4.78 is 0. The molecule has 0 aliphatic heterocycles. The maximum Gasteiger partial charge on any atom is 0.132 e. The van der Waals surface area contributed by atoms with Crippen LogP contribution in [-0.4, -0.2) is 20.2 Å². The van der Waals surface area contributed by atoms with E-state index < -0.39 is 0 Å². The van der Waals surface area contributed by atoms with E-state index in [-0.39, 0.29) is 11.5 Å². The van der Waals surface area contributed by atoms with Crippen molar-refractivity contribution in [1.29, 1.82) is 0 Å². The summed E-state index contributed by atoms with van der Waals surface area (Å²) in [5, 5.41) is 26.6. The van der Waals surface area contributed by atoms with Gasteiger partial charge >= 0.3 is 0 Å². The first kappa shape index (κ1) is 18.6. The number of fused-ring (bicyclic) bond motifs is 3. The highest BCUT2D eigenvalue weighted by atomic mass is 16.3. The number of aromatic amines is 2. The van der Waals surface area contributed by atoms with E-state index in [1.807, 2.05) is 86.6 Å². The molecule has 0 bridgehead atoms. The summed E-state index contributed by atoms with van der Waals surface area (Å²) in [6, 6.07) is 23.6. The molecule has 156 valence electrons. The van der Waals surface area contributed by atoms with Gasteiger partial charge in [-0.25, -0.2) is 0 Å². The number of aromatic hydroxyl groups is 2. The minimum Gasteiger partial charge on any atom is -0.507 e. The quantitative estimate of drug-likeness (QED) is 0.225. The SMILES string of the molecule is Cc1[nH]c2ccccc2c1-c1c(-c2c(C)[nH]c3ccccc23)c(O)c2ccccc2c1O. The van der Waals surface area contributed by atoms with Gasteiger partial charge in [0.2, 0.25) is 0 Å². The zero-order valence-electron chi connectivity index (χ0n) is 17.8. The highest BCUT2D eigenvalue weighted by Crippen LogP contribution is 2.53. The van der Waals surface area contributed by atoms with Gasteiger partial charge in [0.05, 0.1) is 0 Å². The van der Waals surface area contributed by atoms with Crippen LogP contribution in [-0.2, 0) is 0 Å². The fraction of sp³-hybridized carbons (Fsp3) is 0.0714. The maximum atomic E-state index is 11.6. The molecule has 6 aromatic rings. The average molecular weight is 418 g/mol. The number of para-hydroxylation sites is 2. The Morgan fingerprint density at radius 2 is 0.812 bits per heavy atom. The van der Waals surface area contributed by atoms with Crippen molar-refractivity contribution in [3.8, 4) is 33.8 Å². The molecule has 0 aliphatic carbocycles. The molecule has 0 aliphatic rings. The first-order chi connectivity index (χ1) is 15.6. The van der Waals surface area contributed by atoms with E-state index in [4.69, 9.17) is 0 Å². The summed E-state index contributed by atoms with van der Waals surface area (Å²) in [5.41, 5.74) is 6.96. The fourth-order valence-corrected chi connectivity index (χ4v) is 5.09. The monoisotopic (exact) mass is 418 g/mol. The molecule has 0 unspecified atom stereocenters. The van der Waals surface area contributed by atoms with Crippen molar-refractivity contribution < 1.29 is 10.2 Å². The molecule has 0 saturated heterocycles. The van der Waals surface area contributed by atoms with Crippen LogP contribution in [0.2, 0.25) is 0 Å². The van der Waals surface area contributed by atoms with Gasteiger partial charge in [-0.2, -0.15) is 0 Å². The summed E-state index contributed by atoms with van der Waals surface area (Å²) >= 11 is 0. The van der Waals surface area contributed by atoms with Gasteiger partial charge in [-0.3, -0.25) is 0 Å². The lowest BCUT2D eigenvalue weighted by Gasteiger charge is -2.18. The molecule has 4 heteroatoms. The Kier molecular flexibility index (Phi) is 3.87. The number of nitrogens with one attached hydrogen (secondary N) is 2. The van der Waals surface area contributed by atoms with Crippen LogP contribution in [0.1, 0.15) is 11.4 Å². The summed E-state index contributed by atoms with van der Waals surface area (Å²) in [4.78, 5) is 6.89. The second-order valence-corrected chi connectivity index (χ2v) is 8.33. The lowest BCUT2D eigenvalue weighted by atomic mass is 9.87. The average Bonchev–Trinajstić information content (AvgIpc) is 3.31. The smallest absolute Gasteiger partial charge is 0.132 e. The van der Waals surface area contributed by atoms with E-state index in [9.17, 15) is 10.2 Å². The Morgan fingerprint density at radius 3 is 1.22 bits per heavy atom. The predicted molar refractivity (Wildman–Crippen MR) is 131 cm³/mol. The number of hydrogen-bond acceptors (Lipinski definition) is 2. The number of phenolic OH excluding ortho intramolecular Hbond substituents is 2. The van der Waals surface area contributed by atoms with Crippen LogP contribution in [0, 0.1) is 13.8 Å². The van der Waals surface area contributed by atoms with Crippen LogP contribution in [0.3, 0.4) is 0 Å². The first-order valence-corrected chi connectivity index (χ1v) is 10.7. The molecule has 32 heavy (non-hydrogen) atoms. The van der Waals surface area contributed by atoms with Crippen LogP contribution >= 0.6 is 0 Å². The first-order valence-electron chi connectivity index (χ1n) is 10.7. The molecule has 0 atom stereocenters. The van der Waals surface area contributed by atoms with E-state index in [0.29, 0.717) is 21.9 Å². The van der Waals surface area contributed by atoms with Crippen LogP contribution in [0.25, 0.3) is 54.8 Å². The minimum atomic E-state index is 0.172. The lowest BCUT2D eigenvalue weighted by Crippen LogP contribution is -1.92. The minimum absolute atomic E-state index is 0.172. The van der Waals surface area contributed by atoms with Crippen LogP contribution in [0.5, 0.6) is 11.5 Å². The van der Waals surface area contributed by atoms with Crippen LogP contribution in [0.15, 0.2) is 72.8 Å². The van der Waals surface area contributed by atoms with Gasteiger partial charge in [-0.05, 0) is 26.0 Å². The second kappa shape index (κ2) is 6.66. The molecule has 6 rings (SSSR count). The maximum absolute atomic E-state index is 11.6. The van der Waals surface area contributed by atoms with Gasteiger partial charge < -0.3 is 20.2 Å². The fourth-order valence-electron chi connectivity index (χ4n) is 5.09. The Balaban J connectivity index is 1.87. The van der Waals surface area contributed by atoms with E-state index in [2.05, 4.69) is 9.97 Å². The molecule has 0 saturated carbocycles. The van der Waals surface area contributed by atoms with Crippen molar-refractivity contribution in [2.24, 2.45) is 0 Å². The number of H-pyrrole nitrogens is 2. The Morgan fingerprint density at radius 1 is 0.469 bits per heavy atom. The third-order valence-electron chi connectivity index (χ3n) is 6.45. The van der Waals surface area contributed by atoms with Crippen LogP contribution in [0.4, 0.5) is 0 Å². The van der Waals surface area contributed by atoms with Gasteiger partial charge in [-0.15, -0.1) is 0 Å². The molecule has 0 amide bonds. The van der Waals surface area contributed by atoms with E-state index >= 15 is 0 Å². The molecule has 2 heterocycles. The Bertz CT molecular complexity index is 1550. The van der Waals surface area contributed by atoms with E-state index in [1.54, 1.807) is 0 Å². The van der Waals surface area contributed by atoms with Gasteiger partial charge in [0.25, 0.3) is 0 Å². The molecule has 4 aromatic carbocycles. The van der Waals surface area contributed by atoms with Crippen molar-refractivity contribution in [2.45, 2.75) is 13.8 Å². The topological polar surface area (TPSA) is 72.0 Å². The zero-order chi connectivity index (χ0) is 22.0. The highest BCUT2D eigenvalue weighted by Gasteiger charge is 2.27. The van der Waals surface area contributed by atoms with Gasteiger partial charge in [0.1, 0.15) is 11.5 Å². The van der Waals surface area contributed by atoms with Crippen molar-refractivity contribution in [3.05, 3.63) is 84.2 Å². The number of rotatable bonds is 2. The normalized spacial score (nSPS) is 11.7. The highest BCUT2D eigenvalue weighted by molar-refractivity contribution is 6.15. The summed E-state index contributed by atoms with van der Waals surface area (Å²) in [7, 11) is 0. The largest absolute Gasteiger partial charge is 0.507 e. The molecular weight excluding hydrogens is 396 g/mol. The number of hydrogen-bond donors (Lipinski definition) is 4. The third-order valence-corrected chi connectivity index (χ3v) is 6.45. The Hall–Kier alpha value is -4.18. The van der Waals surface area contributed by atoms with E-state index in [1.165, 1.54) is 0 Å². The molecule has 0 spiro atoms. The number of aryl methyl sites for hydroxylation is 2. The molecule has 2 aromatic heterocycles. The molecule has 0 fully saturated rings. The lowest BCUT2D eigenvalue weighted by molar-refractivity contribution is 0.473. The van der Waals surface area contributed by atoms with Crippen LogP contribution < -0.4 is 0 Å². The third kappa shape index (κ3) is 2.44. The zero-order valence-corrected chi connectivity index (χ0v) is 17.8. The summed E-state index contributed by atoms with van der Waals surface area (Å²) in [6.45, 7) is 4.01. The molecule has 4 nitrogen and oxygen atoms in total.